The van der Waals surface area contributed by atoms with Crippen LogP contribution in [0.25, 0.3) is 0 Å². The second-order valence-electron chi connectivity index (χ2n) is 5.30. The Morgan fingerprint density at radius 2 is 2.00 bits per heavy atom. The highest BCUT2D eigenvalue weighted by Crippen LogP contribution is 2.33. The van der Waals surface area contributed by atoms with Crippen LogP contribution in [0.5, 0.6) is 0 Å². The van der Waals surface area contributed by atoms with Gasteiger partial charge in [0.05, 0.1) is 4.99 Å². The number of carbonyl (C=O) groups excluding carboxylic acids is 1. The average Bonchev–Trinajstić information content (AvgIpc) is 2.35. The van der Waals surface area contributed by atoms with Gasteiger partial charge in [-0.15, -0.1) is 0 Å². The van der Waals surface area contributed by atoms with E-state index < -0.39 is 5.41 Å². The quantitative estimate of drug-likeness (QED) is 0.772. The maximum Gasteiger partial charge on any atom is 0.235 e. The van der Waals surface area contributed by atoms with Crippen LogP contribution in [0, 0.1) is 11.3 Å². The molecule has 0 atom stereocenters. The minimum absolute atomic E-state index is 0.0782. The Kier molecular flexibility index (Phi) is 5.53. The van der Waals surface area contributed by atoms with Gasteiger partial charge >= 0.3 is 0 Å². The Balaban J connectivity index is 2.90. The summed E-state index contributed by atoms with van der Waals surface area (Å²) in [6.07, 6.45) is 1.21. The predicted octanol–water partition coefficient (Wildman–Crippen LogP) is 1.57. The first-order chi connectivity index (χ1) is 8.44. The van der Waals surface area contributed by atoms with Crippen LogP contribution in [0.1, 0.15) is 33.6 Å². The molecule has 4 nitrogen and oxygen atoms in total. The van der Waals surface area contributed by atoms with Crippen LogP contribution in [0.2, 0.25) is 0 Å². The van der Waals surface area contributed by atoms with Crippen molar-refractivity contribution in [3.63, 3.8) is 0 Å². The van der Waals surface area contributed by atoms with E-state index in [2.05, 4.69) is 13.8 Å². The van der Waals surface area contributed by atoms with E-state index in [0.29, 0.717) is 43.5 Å². The summed E-state index contributed by atoms with van der Waals surface area (Å²) in [5.74, 6) is 0.520. The highest BCUT2D eigenvalue weighted by molar-refractivity contribution is 7.80. The van der Waals surface area contributed by atoms with Crippen molar-refractivity contribution in [2.45, 2.75) is 33.6 Å². The lowest BCUT2D eigenvalue weighted by Gasteiger charge is -2.39. The molecule has 5 heteroatoms. The standard InChI is InChI=1S/C13H24N2O2S/c1-4-15(9-10(2)3)12(16)13(11(14)18)5-7-17-8-6-13/h10H,4-9H2,1-3H3,(H2,14,18). The van der Waals surface area contributed by atoms with Crippen molar-refractivity contribution in [3.05, 3.63) is 0 Å². The summed E-state index contributed by atoms with van der Waals surface area (Å²) < 4.78 is 5.33. The number of ether oxygens (including phenoxy) is 1. The highest BCUT2D eigenvalue weighted by Gasteiger charge is 2.44. The van der Waals surface area contributed by atoms with E-state index >= 15 is 0 Å². The van der Waals surface area contributed by atoms with Gasteiger partial charge in [-0.3, -0.25) is 4.79 Å². The number of nitrogens with zero attached hydrogens (tertiary/aromatic N) is 1. The molecule has 0 aromatic heterocycles. The molecule has 0 aliphatic carbocycles. The SMILES string of the molecule is CCN(CC(C)C)C(=O)C1(C(N)=S)CCOCC1. The van der Waals surface area contributed by atoms with Crippen LogP contribution in [-0.2, 0) is 9.53 Å². The molecule has 0 aromatic rings. The molecular weight excluding hydrogens is 248 g/mol. The molecule has 0 bridgehead atoms. The summed E-state index contributed by atoms with van der Waals surface area (Å²) in [7, 11) is 0. The molecule has 0 unspecified atom stereocenters. The zero-order chi connectivity index (χ0) is 13.8. The van der Waals surface area contributed by atoms with Gasteiger partial charge in [0.2, 0.25) is 5.91 Å². The molecule has 1 rings (SSSR count). The van der Waals surface area contributed by atoms with E-state index in [1.54, 1.807) is 0 Å². The van der Waals surface area contributed by atoms with Crippen LogP contribution < -0.4 is 5.73 Å². The van der Waals surface area contributed by atoms with E-state index in [-0.39, 0.29) is 5.91 Å². The minimum atomic E-state index is -0.682. The maximum absolute atomic E-state index is 12.7. The molecule has 0 spiro atoms. The monoisotopic (exact) mass is 272 g/mol. The van der Waals surface area contributed by atoms with Crippen molar-refractivity contribution in [1.82, 2.24) is 4.90 Å². The Bertz CT molecular complexity index is 312. The number of carbonyl (C=O) groups is 1. The minimum Gasteiger partial charge on any atom is -0.392 e. The van der Waals surface area contributed by atoms with Crippen molar-refractivity contribution in [1.29, 1.82) is 0 Å². The van der Waals surface area contributed by atoms with Gasteiger partial charge in [0.15, 0.2) is 0 Å². The summed E-state index contributed by atoms with van der Waals surface area (Å²) in [6.45, 7) is 8.76. The number of amides is 1. The first-order valence-corrected chi connectivity index (χ1v) is 7.02. The number of thiocarbonyl (C=S) groups is 1. The van der Waals surface area contributed by atoms with Gasteiger partial charge in [0, 0.05) is 26.3 Å². The molecule has 1 aliphatic heterocycles. The lowest BCUT2D eigenvalue weighted by atomic mass is 9.78. The molecular formula is C13H24N2O2S. The van der Waals surface area contributed by atoms with Gasteiger partial charge in [0.1, 0.15) is 5.41 Å². The van der Waals surface area contributed by atoms with Crippen molar-refractivity contribution < 1.29 is 9.53 Å². The number of hydrogen-bond acceptors (Lipinski definition) is 3. The summed E-state index contributed by atoms with van der Waals surface area (Å²) in [6, 6.07) is 0. The third-order valence-corrected chi connectivity index (χ3v) is 3.87. The van der Waals surface area contributed by atoms with Crippen LogP contribution in [0.4, 0.5) is 0 Å². The van der Waals surface area contributed by atoms with Gasteiger partial charge in [-0.2, -0.15) is 0 Å². The second kappa shape index (κ2) is 6.48. The number of nitrogens with two attached hydrogens (primary N) is 1. The summed E-state index contributed by atoms with van der Waals surface area (Å²) in [5.41, 5.74) is 5.17. The van der Waals surface area contributed by atoms with E-state index in [0.717, 1.165) is 6.54 Å². The first-order valence-electron chi connectivity index (χ1n) is 6.61. The van der Waals surface area contributed by atoms with Crippen molar-refractivity contribution >= 4 is 23.1 Å². The van der Waals surface area contributed by atoms with Crippen molar-refractivity contribution in [2.24, 2.45) is 17.1 Å². The van der Waals surface area contributed by atoms with Crippen LogP contribution in [0.3, 0.4) is 0 Å². The normalized spacial score (nSPS) is 18.7. The van der Waals surface area contributed by atoms with Crippen molar-refractivity contribution in [3.8, 4) is 0 Å². The molecule has 0 saturated carbocycles. The maximum atomic E-state index is 12.7. The number of rotatable bonds is 5. The zero-order valence-electron chi connectivity index (χ0n) is 11.6. The lowest BCUT2D eigenvalue weighted by Crippen LogP contribution is -2.53. The van der Waals surface area contributed by atoms with Crippen LogP contribution in [0.15, 0.2) is 0 Å². The van der Waals surface area contributed by atoms with E-state index in [4.69, 9.17) is 22.7 Å². The van der Waals surface area contributed by atoms with Gasteiger partial charge < -0.3 is 15.4 Å². The molecule has 1 amide bonds. The Morgan fingerprint density at radius 3 is 2.39 bits per heavy atom. The molecule has 18 heavy (non-hydrogen) atoms. The molecule has 104 valence electrons. The van der Waals surface area contributed by atoms with E-state index in [1.807, 2.05) is 11.8 Å². The first kappa shape index (κ1) is 15.4. The lowest BCUT2D eigenvalue weighted by molar-refractivity contribution is -0.142. The van der Waals surface area contributed by atoms with Gasteiger partial charge in [-0.1, -0.05) is 26.1 Å². The fourth-order valence-corrected chi connectivity index (χ4v) is 2.68. The fourth-order valence-electron chi connectivity index (χ4n) is 2.38. The molecule has 1 saturated heterocycles. The van der Waals surface area contributed by atoms with Crippen LogP contribution >= 0.6 is 12.2 Å². The fraction of sp³-hybridized carbons (Fsp3) is 0.846. The largest absolute Gasteiger partial charge is 0.392 e. The topological polar surface area (TPSA) is 55.6 Å². The third kappa shape index (κ3) is 3.20. The molecule has 1 fully saturated rings. The summed E-state index contributed by atoms with van der Waals surface area (Å²) >= 11 is 5.16. The van der Waals surface area contributed by atoms with Crippen LogP contribution in [-0.4, -0.2) is 42.1 Å². The molecule has 0 aromatic carbocycles. The van der Waals surface area contributed by atoms with Crippen molar-refractivity contribution in [2.75, 3.05) is 26.3 Å². The van der Waals surface area contributed by atoms with Gasteiger partial charge in [-0.05, 0) is 25.7 Å². The summed E-state index contributed by atoms with van der Waals surface area (Å²) in [5, 5.41) is 0. The third-order valence-electron chi connectivity index (χ3n) is 3.48. The Hall–Kier alpha value is -0.680. The van der Waals surface area contributed by atoms with Gasteiger partial charge in [0.25, 0.3) is 0 Å². The predicted molar refractivity (Wildman–Crippen MR) is 76.4 cm³/mol. The molecule has 0 radical (unpaired) electrons. The van der Waals surface area contributed by atoms with E-state index in [9.17, 15) is 4.79 Å². The molecule has 1 aliphatic rings. The van der Waals surface area contributed by atoms with E-state index in [1.165, 1.54) is 0 Å². The number of hydrogen-bond donors (Lipinski definition) is 1. The zero-order valence-corrected chi connectivity index (χ0v) is 12.4. The summed E-state index contributed by atoms with van der Waals surface area (Å²) in [4.78, 5) is 14.9. The smallest absolute Gasteiger partial charge is 0.235 e. The van der Waals surface area contributed by atoms with Gasteiger partial charge in [-0.25, -0.2) is 0 Å². The molecule has 1 heterocycles. The Morgan fingerprint density at radius 1 is 1.44 bits per heavy atom. The Labute approximate surface area is 115 Å². The average molecular weight is 272 g/mol. The molecule has 2 N–H and O–H groups in total. The second-order valence-corrected chi connectivity index (χ2v) is 5.74. The highest BCUT2D eigenvalue weighted by atomic mass is 32.1.